The minimum atomic E-state index is -3.12. The molecule has 8 heteroatoms. The number of carbonyl (C=O) groups excluding carboxylic acids is 1. The summed E-state index contributed by atoms with van der Waals surface area (Å²) in [4.78, 5) is 16.3. The average Bonchev–Trinajstić information content (AvgIpc) is 3.31. The van der Waals surface area contributed by atoms with Gasteiger partial charge in [0, 0.05) is 52.2 Å². The molecule has 2 saturated heterocycles. The van der Waals surface area contributed by atoms with E-state index < -0.39 is 10.0 Å². The van der Waals surface area contributed by atoms with Gasteiger partial charge in [-0.1, -0.05) is 0 Å². The van der Waals surface area contributed by atoms with Crippen molar-refractivity contribution in [1.29, 1.82) is 0 Å². The zero-order valence-corrected chi connectivity index (χ0v) is 15.3. The van der Waals surface area contributed by atoms with Gasteiger partial charge in [0.1, 0.15) is 0 Å². The Morgan fingerprint density at radius 2 is 1.88 bits per heavy atom. The van der Waals surface area contributed by atoms with E-state index in [4.69, 9.17) is 4.74 Å². The first-order valence-electron chi connectivity index (χ1n) is 9.05. The molecule has 1 amide bonds. The van der Waals surface area contributed by atoms with Crippen molar-refractivity contribution in [3.05, 3.63) is 0 Å². The van der Waals surface area contributed by atoms with Crippen LogP contribution in [0.15, 0.2) is 0 Å². The molecule has 1 aliphatic carbocycles. The van der Waals surface area contributed by atoms with Gasteiger partial charge >= 0.3 is 0 Å². The molecule has 0 N–H and O–H groups in total. The minimum absolute atomic E-state index is 0.0284. The molecule has 0 aromatic carbocycles. The van der Waals surface area contributed by atoms with Crippen LogP contribution < -0.4 is 0 Å². The number of ether oxygens (including phenoxy) is 1. The summed E-state index contributed by atoms with van der Waals surface area (Å²) in [7, 11) is -3.12. The Morgan fingerprint density at radius 1 is 1.17 bits per heavy atom. The maximum absolute atomic E-state index is 12.4. The monoisotopic (exact) mass is 359 g/mol. The Balaban J connectivity index is 1.49. The van der Waals surface area contributed by atoms with Crippen LogP contribution in [-0.2, 0) is 19.6 Å². The maximum Gasteiger partial charge on any atom is 0.219 e. The van der Waals surface area contributed by atoms with E-state index in [-0.39, 0.29) is 17.2 Å². The van der Waals surface area contributed by atoms with Gasteiger partial charge in [-0.2, -0.15) is 4.31 Å². The van der Waals surface area contributed by atoms with Crippen LogP contribution in [0.2, 0.25) is 0 Å². The number of rotatable bonds is 7. The van der Waals surface area contributed by atoms with Crippen LogP contribution in [0.1, 0.15) is 32.6 Å². The molecule has 24 heavy (non-hydrogen) atoms. The summed E-state index contributed by atoms with van der Waals surface area (Å²) >= 11 is 0. The zero-order valence-electron chi connectivity index (χ0n) is 14.5. The van der Waals surface area contributed by atoms with E-state index >= 15 is 0 Å². The summed E-state index contributed by atoms with van der Waals surface area (Å²) in [5.41, 5.74) is 0. The fraction of sp³-hybridized carbons (Fsp3) is 0.938. The molecular formula is C16H29N3O4S. The molecule has 2 heterocycles. The average molecular weight is 359 g/mol. The van der Waals surface area contributed by atoms with Crippen LogP contribution in [-0.4, -0.2) is 92.2 Å². The molecule has 3 rings (SSSR count). The highest BCUT2D eigenvalue weighted by atomic mass is 32.2. The summed E-state index contributed by atoms with van der Waals surface area (Å²) in [5, 5.41) is -0.164. The number of hydrogen-bond donors (Lipinski definition) is 0. The Morgan fingerprint density at radius 3 is 2.50 bits per heavy atom. The molecule has 0 bridgehead atoms. The molecule has 1 atom stereocenters. The predicted octanol–water partition coefficient (Wildman–Crippen LogP) is 0.124. The van der Waals surface area contributed by atoms with Crippen LogP contribution in [0.25, 0.3) is 0 Å². The first kappa shape index (κ1) is 18.1. The molecule has 0 aromatic rings. The summed E-state index contributed by atoms with van der Waals surface area (Å²) in [5.74, 6) is 0.0487. The largest absolute Gasteiger partial charge is 0.379 e. The normalized spacial score (nSPS) is 26.6. The molecule has 0 spiro atoms. The van der Waals surface area contributed by atoms with E-state index in [9.17, 15) is 13.2 Å². The SMILES string of the molecule is CC(=O)N(CCCN1CCOCC1)C1CCN(S(=O)(=O)C2CC2)C1. The number of hydrogen-bond acceptors (Lipinski definition) is 5. The molecule has 0 radical (unpaired) electrons. The van der Waals surface area contributed by atoms with Crippen molar-refractivity contribution in [2.24, 2.45) is 0 Å². The highest BCUT2D eigenvalue weighted by Gasteiger charge is 2.43. The zero-order chi connectivity index (χ0) is 17.2. The number of morpholine rings is 1. The highest BCUT2D eigenvalue weighted by molar-refractivity contribution is 7.90. The molecule has 2 aliphatic heterocycles. The lowest BCUT2D eigenvalue weighted by molar-refractivity contribution is -0.131. The molecule has 138 valence electrons. The van der Waals surface area contributed by atoms with E-state index in [0.29, 0.717) is 19.6 Å². The van der Waals surface area contributed by atoms with Gasteiger partial charge in [-0.05, 0) is 25.7 Å². The van der Waals surface area contributed by atoms with Crippen molar-refractivity contribution in [1.82, 2.24) is 14.1 Å². The van der Waals surface area contributed by atoms with Gasteiger partial charge in [0.05, 0.1) is 18.5 Å². The van der Waals surface area contributed by atoms with Gasteiger partial charge < -0.3 is 9.64 Å². The summed E-state index contributed by atoms with van der Waals surface area (Å²) in [6, 6.07) is 0.0284. The first-order chi connectivity index (χ1) is 11.5. The van der Waals surface area contributed by atoms with E-state index in [1.165, 1.54) is 0 Å². The lowest BCUT2D eigenvalue weighted by Gasteiger charge is -2.30. The lowest BCUT2D eigenvalue weighted by atomic mass is 10.2. The van der Waals surface area contributed by atoms with E-state index in [2.05, 4.69) is 4.90 Å². The maximum atomic E-state index is 12.4. The Bertz CT molecular complexity index is 544. The van der Waals surface area contributed by atoms with E-state index in [0.717, 1.165) is 58.5 Å². The van der Waals surface area contributed by atoms with Crippen LogP contribution >= 0.6 is 0 Å². The van der Waals surface area contributed by atoms with Crippen LogP contribution in [0.4, 0.5) is 0 Å². The molecule has 3 aliphatic rings. The van der Waals surface area contributed by atoms with Crippen molar-refractivity contribution in [2.75, 3.05) is 52.5 Å². The lowest BCUT2D eigenvalue weighted by Crippen LogP contribution is -2.44. The van der Waals surface area contributed by atoms with E-state index in [1.807, 2.05) is 4.90 Å². The quantitative estimate of drug-likeness (QED) is 0.646. The van der Waals surface area contributed by atoms with Gasteiger partial charge in [-0.3, -0.25) is 9.69 Å². The van der Waals surface area contributed by atoms with Crippen LogP contribution in [0.5, 0.6) is 0 Å². The van der Waals surface area contributed by atoms with Gasteiger partial charge in [0.2, 0.25) is 15.9 Å². The van der Waals surface area contributed by atoms with Crippen LogP contribution in [0, 0.1) is 0 Å². The smallest absolute Gasteiger partial charge is 0.219 e. The third-order valence-corrected chi connectivity index (χ3v) is 7.62. The van der Waals surface area contributed by atoms with Crippen molar-refractivity contribution in [3.63, 3.8) is 0 Å². The second kappa shape index (κ2) is 7.68. The van der Waals surface area contributed by atoms with Crippen molar-refractivity contribution < 1.29 is 17.9 Å². The summed E-state index contributed by atoms with van der Waals surface area (Å²) in [6.45, 7) is 7.76. The second-order valence-electron chi connectivity index (χ2n) is 7.06. The van der Waals surface area contributed by atoms with Crippen LogP contribution in [0.3, 0.4) is 0 Å². The Hall–Kier alpha value is -0.700. The molecule has 3 fully saturated rings. The summed E-state index contributed by atoms with van der Waals surface area (Å²) in [6.07, 6.45) is 3.26. The predicted molar refractivity (Wildman–Crippen MR) is 91.2 cm³/mol. The molecule has 1 unspecified atom stereocenters. The van der Waals surface area contributed by atoms with Gasteiger partial charge in [0.25, 0.3) is 0 Å². The summed E-state index contributed by atoms with van der Waals surface area (Å²) < 4.78 is 31.7. The number of carbonyl (C=O) groups is 1. The highest BCUT2D eigenvalue weighted by Crippen LogP contribution is 2.33. The van der Waals surface area contributed by atoms with Crippen molar-refractivity contribution in [2.45, 2.75) is 43.9 Å². The van der Waals surface area contributed by atoms with Gasteiger partial charge in [-0.15, -0.1) is 0 Å². The minimum Gasteiger partial charge on any atom is -0.379 e. The Kier molecular flexibility index (Phi) is 5.79. The molecule has 0 aromatic heterocycles. The third kappa shape index (κ3) is 4.28. The standard InChI is InChI=1S/C16H29N3O4S/c1-14(20)19(7-2-6-17-9-11-23-12-10-17)15-5-8-18(13-15)24(21,22)16-3-4-16/h15-16H,2-13H2,1H3. The Labute approximate surface area is 145 Å². The molecule has 7 nitrogen and oxygen atoms in total. The van der Waals surface area contributed by atoms with Crippen molar-refractivity contribution in [3.8, 4) is 0 Å². The van der Waals surface area contributed by atoms with Crippen molar-refractivity contribution >= 4 is 15.9 Å². The second-order valence-corrected chi connectivity index (χ2v) is 9.28. The van der Waals surface area contributed by atoms with E-state index in [1.54, 1.807) is 11.2 Å². The number of amides is 1. The topological polar surface area (TPSA) is 70.2 Å². The third-order valence-electron chi connectivity index (χ3n) is 5.25. The van der Waals surface area contributed by atoms with Gasteiger partial charge in [-0.25, -0.2) is 8.42 Å². The number of nitrogens with zero attached hydrogens (tertiary/aromatic N) is 3. The fourth-order valence-corrected chi connectivity index (χ4v) is 5.55. The van der Waals surface area contributed by atoms with Gasteiger partial charge in [0.15, 0.2) is 0 Å². The first-order valence-corrected chi connectivity index (χ1v) is 10.5. The fourth-order valence-electron chi connectivity index (χ4n) is 3.66. The molecule has 1 saturated carbocycles. The molecular weight excluding hydrogens is 330 g/mol. The number of sulfonamides is 1.